The van der Waals surface area contributed by atoms with Gasteiger partial charge in [0.1, 0.15) is 5.82 Å². The lowest BCUT2D eigenvalue weighted by Crippen LogP contribution is -2.09. The molecule has 0 fully saturated rings. The van der Waals surface area contributed by atoms with E-state index >= 15 is 0 Å². The molecule has 0 saturated heterocycles. The highest BCUT2D eigenvalue weighted by Gasteiger charge is 2.12. The number of anilines is 1. The van der Waals surface area contributed by atoms with Crippen molar-refractivity contribution in [1.82, 2.24) is 4.98 Å². The highest BCUT2D eigenvalue weighted by molar-refractivity contribution is 6.31. The van der Waals surface area contributed by atoms with Crippen LogP contribution in [0.25, 0.3) is 0 Å². The number of hydrogen-bond donors (Lipinski definition) is 1. The molecular weight excluding hydrogens is 258 g/mol. The topological polar surface area (TPSA) is 24.9 Å². The van der Waals surface area contributed by atoms with Crippen LogP contribution >= 0.6 is 11.6 Å². The van der Waals surface area contributed by atoms with Crippen LogP contribution in [-0.4, -0.2) is 4.98 Å². The monoisotopic (exact) mass is 268 g/mol. The van der Waals surface area contributed by atoms with Gasteiger partial charge >= 0.3 is 0 Å². The number of nitrogens with zero attached hydrogens (tertiary/aromatic N) is 1. The molecule has 2 nitrogen and oxygen atoms in total. The molecule has 0 bridgehead atoms. The van der Waals surface area contributed by atoms with E-state index in [1.807, 2.05) is 25.1 Å². The van der Waals surface area contributed by atoms with Gasteiger partial charge in [0.2, 0.25) is 5.95 Å². The second-order valence-corrected chi connectivity index (χ2v) is 4.29. The van der Waals surface area contributed by atoms with E-state index in [1.54, 1.807) is 6.07 Å². The molecule has 1 heterocycles. The zero-order chi connectivity index (χ0) is 13.1. The third-order valence-electron chi connectivity index (χ3n) is 2.55. The van der Waals surface area contributed by atoms with Crippen molar-refractivity contribution in [3.8, 4) is 0 Å². The second-order valence-electron chi connectivity index (χ2n) is 3.88. The van der Waals surface area contributed by atoms with Crippen LogP contribution in [0.1, 0.15) is 18.5 Å². The molecule has 2 aromatic rings. The molecule has 1 N–H and O–H groups in total. The molecule has 94 valence electrons. The van der Waals surface area contributed by atoms with Gasteiger partial charge in [0.05, 0.1) is 17.9 Å². The van der Waals surface area contributed by atoms with E-state index < -0.39 is 11.8 Å². The summed E-state index contributed by atoms with van der Waals surface area (Å²) in [4.78, 5) is 3.31. The molecule has 5 heteroatoms. The fraction of sp³-hybridized carbons (Fsp3) is 0.154. The van der Waals surface area contributed by atoms with Crippen LogP contribution in [0.4, 0.5) is 14.5 Å². The Kier molecular flexibility index (Phi) is 3.77. The Labute approximate surface area is 109 Å². The Balaban J connectivity index is 2.24. The van der Waals surface area contributed by atoms with Crippen molar-refractivity contribution < 1.29 is 8.78 Å². The van der Waals surface area contributed by atoms with Crippen molar-refractivity contribution in [2.24, 2.45) is 0 Å². The van der Waals surface area contributed by atoms with E-state index in [-0.39, 0.29) is 11.7 Å². The summed E-state index contributed by atoms with van der Waals surface area (Å²) in [6.45, 7) is 1.81. The summed E-state index contributed by atoms with van der Waals surface area (Å²) in [7, 11) is 0. The highest BCUT2D eigenvalue weighted by Crippen LogP contribution is 2.26. The van der Waals surface area contributed by atoms with E-state index in [1.165, 1.54) is 0 Å². The van der Waals surface area contributed by atoms with Crippen LogP contribution < -0.4 is 5.32 Å². The van der Waals surface area contributed by atoms with E-state index in [0.717, 1.165) is 17.8 Å². The van der Waals surface area contributed by atoms with Gasteiger partial charge in [-0.25, -0.2) is 9.37 Å². The maximum atomic E-state index is 13.4. The molecule has 0 amide bonds. The fourth-order valence-electron chi connectivity index (χ4n) is 1.66. The Hall–Kier alpha value is -1.68. The molecule has 0 spiro atoms. The molecule has 0 aliphatic rings. The van der Waals surface area contributed by atoms with Crippen LogP contribution in [0.3, 0.4) is 0 Å². The van der Waals surface area contributed by atoms with Crippen LogP contribution in [0.15, 0.2) is 36.5 Å². The largest absolute Gasteiger partial charge is 0.375 e. The van der Waals surface area contributed by atoms with Gasteiger partial charge in [0.15, 0.2) is 0 Å². The molecule has 1 atom stereocenters. The summed E-state index contributed by atoms with van der Waals surface area (Å²) in [5.41, 5.74) is 0.824. The van der Waals surface area contributed by atoms with Gasteiger partial charge in [-0.3, -0.25) is 0 Å². The SMILES string of the molecule is C[C@H](Nc1cc(F)cnc1F)c1ccccc1Cl. The minimum Gasteiger partial charge on any atom is -0.375 e. The van der Waals surface area contributed by atoms with Crippen molar-refractivity contribution in [3.05, 3.63) is 58.9 Å². The number of halogens is 3. The molecule has 0 saturated carbocycles. The first-order valence-electron chi connectivity index (χ1n) is 5.40. The third kappa shape index (κ3) is 2.76. The Morgan fingerprint density at radius 1 is 1.28 bits per heavy atom. The Bertz CT molecular complexity index is 560. The predicted octanol–water partition coefficient (Wildman–Crippen LogP) is 4.19. The summed E-state index contributed by atoms with van der Waals surface area (Å²) in [6.07, 6.45) is 0.834. The summed E-state index contributed by atoms with van der Waals surface area (Å²) in [5.74, 6) is -1.33. The first-order chi connectivity index (χ1) is 8.58. The van der Waals surface area contributed by atoms with Gasteiger partial charge in [-0.05, 0) is 18.6 Å². The van der Waals surface area contributed by atoms with Gasteiger partial charge in [-0.2, -0.15) is 4.39 Å². The average molecular weight is 269 g/mol. The number of hydrogen-bond acceptors (Lipinski definition) is 2. The number of benzene rings is 1. The molecule has 1 aromatic heterocycles. The number of aromatic nitrogens is 1. The standard InChI is InChI=1S/C13H11ClF2N2/c1-8(10-4-2-3-5-11(10)14)18-12-6-9(15)7-17-13(12)16/h2-8,18H,1H3/t8-/m0/s1. The number of nitrogens with one attached hydrogen (secondary N) is 1. The van der Waals surface area contributed by atoms with Crippen molar-refractivity contribution in [2.45, 2.75) is 13.0 Å². The molecule has 0 aliphatic carbocycles. The van der Waals surface area contributed by atoms with Gasteiger partial charge in [-0.15, -0.1) is 0 Å². The zero-order valence-electron chi connectivity index (χ0n) is 9.62. The molecule has 2 rings (SSSR count). The van der Waals surface area contributed by atoms with E-state index in [0.29, 0.717) is 5.02 Å². The summed E-state index contributed by atoms with van der Waals surface area (Å²) in [5, 5.41) is 3.42. The maximum Gasteiger partial charge on any atom is 0.236 e. The first kappa shape index (κ1) is 12.8. The summed E-state index contributed by atoms with van der Waals surface area (Å²) in [6, 6.07) is 8.02. The Morgan fingerprint density at radius 3 is 2.72 bits per heavy atom. The molecule has 18 heavy (non-hydrogen) atoms. The second kappa shape index (κ2) is 5.31. The predicted molar refractivity (Wildman–Crippen MR) is 67.6 cm³/mol. The van der Waals surface area contributed by atoms with E-state index in [2.05, 4.69) is 10.3 Å². The van der Waals surface area contributed by atoms with Gasteiger partial charge in [0, 0.05) is 11.1 Å². The van der Waals surface area contributed by atoms with Crippen molar-refractivity contribution >= 4 is 17.3 Å². The lowest BCUT2D eigenvalue weighted by molar-refractivity contribution is 0.561. The van der Waals surface area contributed by atoms with Crippen LogP contribution in [0, 0.1) is 11.8 Å². The first-order valence-corrected chi connectivity index (χ1v) is 5.77. The lowest BCUT2D eigenvalue weighted by atomic mass is 10.1. The highest BCUT2D eigenvalue weighted by atomic mass is 35.5. The smallest absolute Gasteiger partial charge is 0.236 e. The fourth-order valence-corrected chi connectivity index (χ4v) is 1.96. The van der Waals surface area contributed by atoms with Gasteiger partial charge < -0.3 is 5.32 Å². The van der Waals surface area contributed by atoms with Crippen LogP contribution in [0.2, 0.25) is 5.02 Å². The average Bonchev–Trinajstić information content (AvgIpc) is 2.34. The summed E-state index contributed by atoms with van der Waals surface area (Å²) < 4.78 is 26.4. The number of pyridine rings is 1. The van der Waals surface area contributed by atoms with E-state index in [9.17, 15) is 8.78 Å². The Morgan fingerprint density at radius 2 is 2.00 bits per heavy atom. The van der Waals surface area contributed by atoms with Gasteiger partial charge in [0.25, 0.3) is 0 Å². The maximum absolute atomic E-state index is 13.4. The molecule has 0 aliphatic heterocycles. The molecule has 1 aromatic carbocycles. The summed E-state index contributed by atoms with van der Waals surface area (Å²) >= 11 is 6.03. The van der Waals surface area contributed by atoms with E-state index in [4.69, 9.17) is 11.6 Å². The molecular formula is C13H11ClF2N2. The van der Waals surface area contributed by atoms with Crippen LogP contribution in [0.5, 0.6) is 0 Å². The van der Waals surface area contributed by atoms with Crippen molar-refractivity contribution in [1.29, 1.82) is 0 Å². The van der Waals surface area contributed by atoms with Gasteiger partial charge in [-0.1, -0.05) is 29.8 Å². The van der Waals surface area contributed by atoms with Crippen LogP contribution in [-0.2, 0) is 0 Å². The zero-order valence-corrected chi connectivity index (χ0v) is 10.4. The van der Waals surface area contributed by atoms with Crippen molar-refractivity contribution in [3.63, 3.8) is 0 Å². The third-order valence-corrected chi connectivity index (χ3v) is 2.89. The normalized spacial score (nSPS) is 12.2. The minimum atomic E-state index is -0.740. The number of rotatable bonds is 3. The molecule has 0 unspecified atom stereocenters. The molecule has 0 radical (unpaired) electrons. The van der Waals surface area contributed by atoms with Crippen molar-refractivity contribution in [2.75, 3.05) is 5.32 Å². The lowest BCUT2D eigenvalue weighted by Gasteiger charge is -2.17. The quantitative estimate of drug-likeness (QED) is 0.845. The minimum absolute atomic E-state index is 0.0161.